The second kappa shape index (κ2) is 5.08. The predicted octanol–water partition coefficient (Wildman–Crippen LogP) is 3.07. The Morgan fingerprint density at radius 1 is 1.50 bits per heavy atom. The molecule has 0 N–H and O–H groups in total. The summed E-state index contributed by atoms with van der Waals surface area (Å²) in [5.74, 6) is 2.06. The van der Waals surface area contributed by atoms with Gasteiger partial charge in [-0.05, 0) is 31.1 Å². The third-order valence-electron chi connectivity index (χ3n) is 2.46. The number of ether oxygens (including phenoxy) is 1. The first-order valence-corrected chi connectivity index (χ1v) is 5.45. The van der Waals surface area contributed by atoms with Crippen LogP contribution in [0.1, 0.15) is 33.1 Å². The van der Waals surface area contributed by atoms with E-state index in [0.717, 1.165) is 18.4 Å². The molecule has 1 saturated heterocycles. The molecule has 0 saturated carbocycles. The van der Waals surface area contributed by atoms with Crippen molar-refractivity contribution < 1.29 is 4.74 Å². The molecule has 0 spiro atoms. The van der Waals surface area contributed by atoms with Crippen LogP contribution in [0, 0.1) is 11.8 Å². The highest BCUT2D eigenvalue weighted by Gasteiger charge is 2.25. The molecule has 0 aromatic carbocycles. The first-order chi connectivity index (χ1) is 5.74. The Morgan fingerprint density at radius 2 is 2.25 bits per heavy atom. The van der Waals surface area contributed by atoms with Crippen molar-refractivity contribution in [3.05, 3.63) is 0 Å². The zero-order chi connectivity index (χ0) is 8.97. The van der Waals surface area contributed by atoms with Crippen LogP contribution in [-0.2, 0) is 4.74 Å². The Morgan fingerprint density at radius 3 is 2.67 bits per heavy atom. The van der Waals surface area contributed by atoms with Crippen LogP contribution in [-0.4, -0.2) is 18.6 Å². The Bertz CT molecular complexity index is 119. The van der Waals surface area contributed by atoms with Crippen LogP contribution >= 0.6 is 11.6 Å². The summed E-state index contributed by atoms with van der Waals surface area (Å²) < 4.78 is 5.62. The summed E-state index contributed by atoms with van der Waals surface area (Å²) in [6.45, 7) is 5.43. The quantitative estimate of drug-likeness (QED) is 0.620. The molecule has 1 aliphatic heterocycles. The van der Waals surface area contributed by atoms with Gasteiger partial charge in [0.15, 0.2) is 0 Å². The minimum absolute atomic E-state index is 0.449. The maximum atomic E-state index is 5.91. The molecule has 0 aromatic heterocycles. The van der Waals surface area contributed by atoms with Gasteiger partial charge in [-0.25, -0.2) is 0 Å². The van der Waals surface area contributed by atoms with Crippen LogP contribution in [0.2, 0.25) is 0 Å². The van der Waals surface area contributed by atoms with E-state index >= 15 is 0 Å². The van der Waals surface area contributed by atoms with Gasteiger partial charge in [-0.1, -0.05) is 13.8 Å². The average molecular weight is 191 g/mol. The standard InChI is InChI=1S/C10H19ClO/c1-8(2)6-9(7-11)10-4-3-5-12-10/h8-10H,3-7H2,1-2H3. The third kappa shape index (κ3) is 2.95. The number of hydrogen-bond acceptors (Lipinski definition) is 1. The Kier molecular flexibility index (Phi) is 4.38. The normalized spacial score (nSPS) is 26.5. The Labute approximate surface area is 80.4 Å². The molecular formula is C10H19ClO. The highest BCUT2D eigenvalue weighted by atomic mass is 35.5. The van der Waals surface area contributed by atoms with E-state index in [1.54, 1.807) is 0 Å². The first-order valence-electron chi connectivity index (χ1n) is 4.91. The van der Waals surface area contributed by atoms with Crippen molar-refractivity contribution in [1.29, 1.82) is 0 Å². The fourth-order valence-electron chi connectivity index (χ4n) is 1.89. The molecular weight excluding hydrogens is 172 g/mol. The van der Waals surface area contributed by atoms with Crippen LogP contribution in [0.25, 0.3) is 0 Å². The molecule has 2 atom stereocenters. The molecule has 0 aromatic rings. The second-order valence-electron chi connectivity index (χ2n) is 4.10. The van der Waals surface area contributed by atoms with Gasteiger partial charge in [-0.2, -0.15) is 0 Å². The summed E-state index contributed by atoms with van der Waals surface area (Å²) in [7, 11) is 0. The van der Waals surface area contributed by atoms with Crippen molar-refractivity contribution in [3.63, 3.8) is 0 Å². The van der Waals surface area contributed by atoms with Gasteiger partial charge in [-0.15, -0.1) is 11.6 Å². The lowest BCUT2D eigenvalue weighted by Gasteiger charge is -2.22. The molecule has 1 aliphatic rings. The summed E-state index contributed by atoms with van der Waals surface area (Å²) >= 11 is 5.91. The smallest absolute Gasteiger partial charge is 0.0615 e. The average Bonchev–Trinajstić information content (AvgIpc) is 2.51. The number of hydrogen-bond donors (Lipinski definition) is 0. The first kappa shape index (κ1) is 10.3. The molecule has 0 amide bonds. The lowest BCUT2D eigenvalue weighted by atomic mass is 9.92. The van der Waals surface area contributed by atoms with E-state index in [1.807, 2.05) is 0 Å². The van der Waals surface area contributed by atoms with E-state index in [-0.39, 0.29) is 0 Å². The fourth-order valence-corrected chi connectivity index (χ4v) is 2.22. The zero-order valence-corrected chi connectivity index (χ0v) is 8.81. The maximum absolute atomic E-state index is 5.91. The SMILES string of the molecule is CC(C)CC(CCl)C1CCCO1. The van der Waals surface area contributed by atoms with Crippen LogP contribution < -0.4 is 0 Å². The van der Waals surface area contributed by atoms with Gasteiger partial charge in [0.2, 0.25) is 0 Å². The number of rotatable bonds is 4. The summed E-state index contributed by atoms with van der Waals surface area (Å²) in [6.07, 6.45) is 4.08. The Hall–Kier alpha value is 0.250. The van der Waals surface area contributed by atoms with Gasteiger partial charge in [0.25, 0.3) is 0 Å². The lowest BCUT2D eigenvalue weighted by molar-refractivity contribution is 0.0630. The zero-order valence-electron chi connectivity index (χ0n) is 8.05. The maximum Gasteiger partial charge on any atom is 0.0615 e. The van der Waals surface area contributed by atoms with E-state index in [1.165, 1.54) is 19.3 Å². The van der Waals surface area contributed by atoms with Crippen molar-refractivity contribution in [2.45, 2.75) is 39.2 Å². The summed E-state index contributed by atoms with van der Waals surface area (Å²) in [5, 5.41) is 0. The van der Waals surface area contributed by atoms with Crippen LogP contribution in [0.5, 0.6) is 0 Å². The molecule has 72 valence electrons. The van der Waals surface area contributed by atoms with E-state index < -0.39 is 0 Å². The molecule has 1 fully saturated rings. The number of alkyl halides is 1. The molecule has 1 rings (SSSR count). The third-order valence-corrected chi connectivity index (χ3v) is 2.86. The van der Waals surface area contributed by atoms with Crippen LogP contribution in [0.15, 0.2) is 0 Å². The molecule has 1 nitrogen and oxygen atoms in total. The summed E-state index contributed by atoms with van der Waals surface area (Å²) in [5.41, 5.74) is 0. The van der Waals surface area contributed by atoms with Crippen molar-refractivity contribution >= 4 is 11.6 Å². The largest absolute Gasteiger partial charge is 0.378 e. The van der Waals surface area contributed by atoms with Crippen molar-refractivity contribution in [3.8, 4) is 0 Å². The van der Waals surface area contributed by atoms with E-state index in [0.29, 0.717) is 12.0 Å². The van der Waals surface area contributed by atoms with E-state index in [9.17, 15) is 0 Å². The molecule has 2 heteroatoms. The molecule has 1 heterocycles. The second-order valence-corrected chi connectivity index (χ2v) is 4.40. The van der Waals surface area contributed by atoms with Gasteiger partial charge >= 0.3 is 0 Å². The molecule has 0 aliphatic carbocycles. The van der Waals surface area contributed by atoms with Gasteiger partial charge in [0.05, 0.1) is 6.10 Å². The molecule has 0 radical (unpaired) electrons. The van der Waals surface area contributed by atoms with Gasteiger partial charge < -0.3 is 4.74 Å². The van der Waals surface area contributed by atoms with Gasteiger partial charge in [0.1, 0.15) is 0 Å². The highest BCUT2D eigenvalue weighted by Crippen LogP contribution is 2.26. The molecule has 12 heavy (non-hydrogen) atoms. The topological polar surface area (TPSA) is 9.23 Å². The monoisotopic (exact) mass is 190 g/mol. The van der Waals surface area contributed by atoms with Crippen molar-refractivity contribution in [2.75, 3.05) is 12.5 Å². The predicted molar refractivity (Wildman–Crippen MR) is 52.6 cm³/mol. The number of halogens is 1. The fraction of sp³-hybridized carbons (Fsp3) is 1.00. The lowest BCUT2D eigenvalue weighted by Crippen LogP contribution is -2.22. The minimum atomic E-state index is 0.449. The summed E-state index contributed by atoms with van der Waals surface area (Å²) in [4.78, 5) is 0. The van der Waals surface area contributed by atoms with E-state index in [2.05, 4.69) is 13.8 Å². The molecule has 2 unspecified atom stereocenters. The van der Waals surface area contributed by atoms with Crippen molar-refractivity contribution in [1.82, 2.24) is 0 Å². The Balaban J connectivity index is 2.32. The van der Waals surface area contributed by atoms with Gasteiger partial charge in [-0.3, -0.25) is 0 Å². The van der Waals surface area contributed by atoms with Crippen LogP contribution in [0.4, 0.5) is 0 Å². The minimum Gasteiger partial charge on any atom is -0.378 e. The highest BCUT2D eigenvalue weighted by molar-refractivity contribution is 6.18. The summed E-state index contributed by atoms with van der Waals surface area (Å²) in [6, 6.07) is 0. The van der Waals surface area contributed by atoms with Crippen LogP contribution in [0.3, 0.4) is 0 Å². The van der Waals surface area contributed by atoms with Gasteiger partial charge in [0, 0.05) is 12.5 Å². The van der Waals surface area contributed by atoms with Crippen molar-refractivity contribution in [2.24, 2.45) is 11.8 Å². The molecule has 0 bridgehead atoms. The van der Waals surface area contributed by atoms with E-state index in [4.69, 9.17) is 16.3 Å².